The molecule has 8 heteroatoms. The number of benzene rings is 2. The molecule has 1 unspecified atom stereocenters. The van der Waals surface area contributed by atoms with Crippen LogP contribution in [0.25, 0.3) is 0 Å². The average molecular weight is 441 g/mol. The third-order valence-corrected chi connectivity index (χ3v) is 6.80. The summed E-state index contributed by atoms with van der Waals surface area (Å²) in [4.78, 5) is 4.22. The van der Waals surface area contributed by atoms with Gasteiger partial charge in [-0.05, 0) is 29.3 Å². The molecule has 2 aromatic carbocycles. The van der Waals surface area contributed by atoms with E-state index in [2.05, 4.69) is 4.98 Å². The van der Waals surface area contributed by atoms with Crippen LogP contribution in [0.5, 0.6) is 11.6 Å². The van der Waals surface area contributed by atoms with Crippen molar-refractivity contribution in [2.45, 2.75) is 24.2 Å². The van der Waals surface area contributed by atoms with Crippen LogP contribution in [0.2, 0.25) is 0 Å². The molecule has 0 N–H and O–H groups in total. The fourth-order valence-electron chi connectivity index (χ4n) is 3.37. The Morgan fingerprint density at radius 2 is 1.87 bits per heavy atom. The van der Waals surface area contributed by atoms with Crippen molar-refractivity contribution in [3.63, 3.8) is 0 Å². The zero-order chi connectivity index (χ0) is 21.7. The van der Waals surface area contributed by atoms with E-state index in [1.54, 1.807) is 13.2 Å². The first-order valence-corrected chi connectivity index (χ1v) is 11.4. The fraction of sp³-hybridized carbons (Fsp3) is 0.261. The number of aromatic nitrogens is 1. The minimum absolute atomic E-state index is 0.0640. The molecule has 0 aliphatic carbocycles. The van der Waals surface area contributed by atoms with Crippen molar-refractivity contribution >= 4 is 10.4 Å². The lowest BCUT2D eigenvalue weighted by Crippen LogP contribution is -2.41. The molecule has 0 bridgehead atoms. The van der Waals surface area contributed by atoms with Gasteiger partial charge in [0.05, 0.1) is 33.4 Å². The highest BCUT2D eigenvalue weighted by molar-refractivity contribution is 7.95. The highest BCUT2D eigenvalue weighted by Crippen LogP contribution is 2.33. The van der Waals surface area contributed by atoms with Gasteiger partial charge in [-0.3, -0.25) is 0 Å². The van der Waals surface area contributed by atoms with Gasteiger partial charge >= 0.3 is 0 Å². The Labute approximate surface area is 183 Å². The normalized spacial score (nSPS) is 21.0. The summed E-state index contributed by atoms with van der Waals surface area (Å²) in [6.07, 6.45) is 1.03. The van der Waals surface area contributed by atoms with Crippen molar-refractivity contribution in [2.75, 3.05) is 20.3 Å². The Morgan fingerprint density at radius 3 is 2.61 bits per heavy atom. The molecule has 1 aliphatic rings. The molecule has 0 fully saturated rings. The summed E-state index contributed by atoms with van der Waals surface area (Å²) >= 11 is 0. The van der Waals surface area contributed by atoms with Crippen LogP contribution in [-0.2, 0) is 32.5 Å². The molecule has 4 rings (SSSR count). The zero-order valence-corrected chi connectivity index (χ0v) is 18.0. The molecule has 0 spiro atoms. The maximum atomic E-state index is 13.3. The van der Waals surface area contributed by atoms with Crippen LogP contribution in [-0.4, -0.2) is 40.2 Å². The van der Waals surface area contributed by atoms with Gasteiger partial charge in [-0.1, -0.05) is 46.7 Å². The Bertz CT molecular complexity index is 1050. The molecule has 31 heavy (non-hydrogen) atoms. The molecule has 2 atom stereocenters. The lowest BCUT2D eigenvalue weighted by molar-refractivity contribution is 0.0311. The molecule has 0 saturated heterocycles. The molecule has 7 nitrogen and oxygen atoms in total. The molecule has 0 radical (unpaired) electrons. The number of pyridine rings is 1. The summed E-state index contributed by atoms with van der Waals surface area (Å²) in [5, 5.41) is 0. The first kappa shape index (κ1) is 21.5. The van der Waals surface area contributed by atoms with E-state index < -0.39 is 16.5 Å². The SMILES string of the molecule is COc1ccc(CN2C[C@H](COCc3ccccc3)Oc3ncccc3[S+]2(=O)[O-])cc1. The molecule has 1 aromatic heterocycles. The van der Waals surface area contributed by atoms with Crippen LogP contribution < -0.4 is 9.47 Å². The van der Waals surface area contributed by atoms with Crippen LogP contribution in [0.3, 0.4) is 0 Å². The standard InChI is InChI=1S/C23H24N2O5S/c1-28-20-11-9-18(10-12-20)14-25-15-21(17-29-16-19-6-3-2-4-7-19)30-23-22(31(25,26)27)8-5-13-24-23/h2-13,21H,14-17H2,1H3/t21-/m1/s1. The second kappa shape index (κ2) is 9.57. The second-order valence-corrected chi connectivity index (χ2v) is 9.10. The van der Waals surface area contributed by atoms with Gasteiger partial charge in [0, 0.05) is 12.3 Å². The van der Waals surface area contributed by atoms with Gasteiger partial charge in [0.1, 0.15) is 11.9 Å². The van der Waals surface area contributed by atoms with Gasteiger partial charge in [-0.15, -0.1) is 4.31 Å². The van der Waals surface area contributed by atoms with Crippen molar-refractivity contribution in [2.24, 2.45) is 0 Å². The maximum Gasteiger partial charge on any atom is 0.272 e. The van der Waals surface area contributed by atoms with Crippen LogP contribution in [0, 0.1) is 0 Å². The third kappa shape index (κ3) is 5.11. The molecular weight excluding hydrogens is 416 g/mol. The number of rotatable bonds is 7. The number of sulfonamides is 1. The summed E-state index contributed by atoms with van der Waals surface area (Å²) in [6.45, 7) is 1.01. The van der Waals surface area contributed by atoms with Crippen molar-refractivity contribution in [3.05, 3.63) is 84.1 Å². The topological polar surface area (TPSA) is 84.0 Å². The van der Waals surface area contributed by atoms with Gasteiger partial charge in [0.2, 0.25) is 4.90 Å². The van der Waals surface area contributed by atoms with E-state index in [1.807, 2.05) is 54.6 Å². The molecule has 2 heterocycles. The smallest absolute Gasteiger partial charge is 0.272 e. The average Bonchev–Trinajstić information content (AvgIpc) is 2.89. The quantitative estimate of drug-likeness (QED) is 0.523. The van der Waals surface area contributed by atoms with E-state index in [0.29, 0.717) is 12.4 Å². The Hall–Kier alpha value is -2.78. The summed E-state index contributed by atoms with van der Waals surface area (Å²) in [5.41, 5.74) is 1.89. The number of methoxy groups -OCH3 is 1. The Morgan fingerprint density at radius 1 is 1.10 bits per heavy atom. The van der Waals surface area contributed by atoms with Gasteiger partial charge in [0.25, 0.3) is 5.88 Å². The summed E-state index contributed by atoms with van der Waals surface area (Å²) < 4.78 is 45.1. The van der Waals surface area contributed by atoms with Gasteiger partial charge in [-0.2, -0.15) is 0 Å². The highest BCUT2D eigenvalue weighted by atomic mass is 32.3. The number of nitrogens with zero attached hydrogens (tertiary/aromatic N) is 2. The first-order chi connectivity index (χ1) is 15.1. The van der Waals surface area contributed by atoms with Crippen LogP contribution in [0.4, 0.5) is 0 Å². The van der Waals surface area contributed by atoms with Crippen LogP contribution >= 0.6 is 0 Å². The number of hydrogen-bond acceptors (Lipinski definition) is 6. The molecule has 0 saturated carbocycles. The summed E-state index contributed by atoms with van der Waals surface area (Å²) in [7, 11) is -2.19. The largest absolute Gasteiger partial charge is 0.593 e. The van der Waals surface area contributed by atoms with Crippen molar-refractivity contribution in [3.8, 4) is 11.6 Å². The van der Waals surface area contributed by atoms with Crippen LogP contribution in [0.1, 0.15) is 11.1 Å². The van der Waals surface area contributed by atoms with E-state index in [1.165, 1.54) is 16.6 Å². The highest BCUT2D eigenvalue weighted by Gasteiger charge is 2.40. The monoisotopic (exact) mass is 440 g/mol. The molecule has 3 aromatic rings. The molecule has 162 valence electrons. The van der Waals surface area contributed by atoms with Crippen LogP contribution in [0.15, 0.2) is 77.8 Å². The first-order valence-electron chi connectivity index (χ1n) is 9.92. The molecule has 0 amide bonds. The van der Waals surface area contributed by atoms with Gasteiger partial charge < -0.3 is 18.8 Å². The van der Waals surface area contributed by atoms with Gasteiger partial charge in [-0.25, -0.2) is 4.98 Å². The predicted octanol–water partition coefficient (Wildman–Crippen LogP) is 3.47. The van der Waals surface area contributed by atoms with Gasteiger partial charge in [0.15, 0.2) is 10.4 Å². The Balaban J connectivity index is 1.54. The second-order valence-electron chi connectivity index (χ2n) is 7.19. The van der Waals surface area contributed by atoms with Crippen molar-refractivity contribution in [1.29, 1.82) is 0 Å². The predicted molar refractivity (Wildman–Crippen MR) is 115 cm³/mol. The van der Waals surface area contributed by atoms with Crippen molar-refractivity contribution < 1.29 is 23.0 Å². The van der Waals surface area contributed by atoms with E-state index >= 15 is 0 Å². The zero-order valence-electron chi connectivity index (χ0n) is 17.2. The molecule has 1 aliphatic heterocycles. The molecular formula is C23H24N2O5S. The van der Waals surface area contributed by atoms with E-state index in [9.17, 15) is 8.76 Å². The summed E-state index contributed by atoms with van der Waals surface area (Å²) in [5.74, 6) is 0.820. The maximum absolute atomic E-state index is 13.3. The lowest BCUT2D eigenvalue weighted by atomic mass is 10.2. The number of ether oxygens (including phenoxy) is 3. The Kier molecular flexibility index (Phi) is 6.62. The summed E-state index contributed by atoms with van der Waals surface area (Å²) in [6, 6.07) is 20.2. The lowest BCUT2D eigenvalue weighted by Gasteiger charge is -2.26. The van der Waals surface area contributed by atoms with E-state index in [4.69, 9.17) is 14.2 Å². The van der Waals surface area contributed by atoms with E-state index in [-0.39, 0.29) is 30.5 Å². The van der Waals surface area contributed by atoms with E-state index in [0.717, 1.165) is 11.1 Å². The van der Waals surface area contributed by atoms with Crippen molar-refractivity contribution in [1.82, 2.24) is 9.29 Å². The number of hydrogen-bond donors (Lipinski definition) is 0. The third-order valence-electron chi connectivity index (χ3n) is 4.97. The minimum atomic E-state index is -3.78. The number of fused-ring (bicyclic) bond motifs is 1. The minimum Gasteiger partial charge on any atom is -0.593 e. The fourth-order valence-corrected chi connectivity index (χ4v) is 4.91.